The summed E-state index contributed by atoms with van der Waals surface area (Å²) in [4.78, 5) is 18.7. The number of rotatable bonds is 5. The van der Waals surface area contributed by atoms with E-state index >= 15 is 0 Å². The van der Waals surface area contributed by atoms with Crippen molar-refractivity contribution in [2.45, 2.75) is 39.2 Å². The Morgan fingerprint density at radius 2 is 2.11 bits per heavy atom. The summed E-state index contributed by atoms with van der Waals surface area (Å²) in [6.45, 7) is 6.73. The number of likely N-dealkylation sites (tertiary alicyclic amines) is 1. The van der Waals surface area contributed by atoms with Crippen LogP contribution in [0, 0.1) is 5.92 Å². The van der Waals surface area contributed by atoms with Gasteiger partial charge in [0.15, 0.2) is 0 Å². The van der Waals surface area contributed by atoms with Crippen molar-refractivity contribution in [1.82, 2.24) is 20.4 Å². The first-order valence-corrected chi connectivity index (χ1v) is 9.22. The third-order valence-electron chi connectivity index (χ3n) is 4.61. The van der Waals surface area contributed by atoms with E-state index in [2.05, 4.69) is 29.3 Å². The molecular formula is C19H28ClN5O2. The molecule has 1 atom stereocenters. The number of benzene rings is 1. The van der Waals surface area contributed by atoms with Gasteiger partial charge >= 0.3 is 6.03 Å². The van der Waals surface area contributed by atoms with Crippen LogP contribution < -0.4 is 11.1 Å². The second-order valence-corrected chi connectivity index (χ2v) is 7.22. The van der Waals surface area contributed by atoms with Crippen LogP contribution in [-0.4, -0.2) is 40.7 Å². The van der Waals surface area contributed by atoms with Crippen molar-refractivity contribution >= 4 is 18.4 Å². The van der Waals surface area contributed by atoms with E-state index in [4.69, 9.17) is 10.3 Å². The van der Waals surface area contributed by atoms with Gasteiger partial charge in [-0.15, -0.1) is 12.4 Å². The molecule has 2 aromatic rings. The molecule has 1 aromatic heterocycles. The number of nitrogens with two attached hydrogens (primary N) is 1. The second-order valence-electron chi connectivity index (χ2n) is 7.22. The summed E-state index contributed by atoms with van der Waals surface area (Å²) < 4.78 is 5.50. The normalized spacial score (nSPS) is 16.9. The molecule has 3 rings (SSSR count). The number of hydrogen-bond donors (Lipinski definition) is 2. The van der Waals surface area contributed by atoms with Crippen molar-refractivity contribution in [3.63, 3.8) is 0 Å². The standard InChI is InChI=1S/C19H27N5O2.ClH/c1-13(2)11-21-19(25)24-9-3-4-16(12-24)18-22-17(23-26-18)15-7-5-14(10-20)6-8-15;/h5-8,13,16H,3-4,9-12,20H2,1-2H3,(H,21,25);1H. The molecular weight excluding hydrogens is 366 g/mol. The zero-order valence-electron chi connectivity index (χ0n) is 15.9. The van der Waals surface area contributed by atoms with Crippen LogP contribution >= 0.6 is 12.4 Å². The molecule has 0 saturated carbocycles. The lowest BCUT2D eigenvalue weighted by Gasteiger charge is -2.31. The highest BCUT2D eigenvalue weighted by molar-refractivity contribution is 5.85. The maximum atomic E-state index is 12.3. The minimum atomic E-state index is -0.0134. The van der Waals surface area contributed by atoms with Gasteiger partial charge in [0.25, 0.3) is 0 Å². The van der Waals surface area contributed by atoms with Crippen LogP contribution in [0.15, 0.2) is 28.8 Å². The van der Waals surface area contributed by atoms with Gasteiger partial charge in [0, 0.05) is 31.7 Å². The Kier molecular flexibility index (Phi) is 7.62. The molecule has 2 amide bonds. The molecule has 0 radical (unpaired) electrons. The number of aromatic nitrogens is 2. The number of amides is 2. The van der Waals surface area contributed by atoms with Crippen molar-refractivity contribution < 1.29 is 9.32 Å². The van der Waals surface area contributed by atoms with Crippen molar-refractivity contribution in [2.75, 3.05) is 19.6 Å². The van der Waals surface area contributed by atoms with Crippen molar-refractivity contribution in [1.29, 1.82) is 0 Å². The highest BCUT2D eigenvalue weighted by Gasteiger charge is 2.28. The Balaban J connectivity index is 0.00000261. The first kappa shape index (κ1) is 21.2. The van der Waals surface area contributed by atoms with E-state index in [1.165, 1.54) is 0 Å². The van der Waals surface area contributed by atoms with Gasteiger partial charge in [-0.25, -0.2) is 4.79 Å². The summed E-state index contributed by atoms with van der Waals surface area (Å²) in [6, 6.07) is 7.81. The van der Waals surface area contributed by atoms with Crippen LogP contribution in [0.5, 0.6) is 0 Å². The van der Waals surface area contributed by atoms with Gasteiger partial charge < -0.3 is 20.5 Å². The first-order chi connectivity index (χ1) is 12.6. The zero-order chi connectivity index (χ0) is 18.5. The maximum Gasteiger partial charge on any atom is 0.317 e. The van der Waals surface area contributed by atoms with Gasteiger partial charge in [0.05, 0.1) is 5.92 Å². The number of carbonyl (C=O) groups is 1. The molecule has 1 aliphatic heterocycles. The van der Waals surface area contributed by atoms with Crippen molar-refractivity contribution in [3.8, 4) is 11.4 Å². The maximum absolute atomic E-state index is 12.3. The summed E-state index contributed by atoms with van der Waals surface area (Å²) in [5.74, 6) is 1.69. The molecule has 3 N–H and O–H groups in total. The molecule has 1 unspecified atom stereocenters. The fourth-order valence-corrected chi connectivity index (χ4v) is 3.07. The van der Waals surface area contributed by atoms with Crippen LogP contribution in [0.3, 0.4) is 0 Å². The quantitative estimate of drug-likeness (QED) is 0.813. The van der Waals surface area contributed by atoms with Gasteiger partial charge in [0.2, 0.25) is 11.7 Å². The highest BCUT2D eigenvalue weighted by atomic mass is 35.5. The van der Waals surface area contributed by atoms with Crippen molar-refractivity contribution in [2.24, 2.45) is 11.7 Å². The number of nitrogens with one attached hydrogen (secondary N) is 1. The van der Waals surface area contributed by atoms with Crippen LogP contribution in [-0.2, 0) is 6.54 Å². The molecule has 148 valence electrons. The summed E-state index contributed by atoms with van der Waals surface area (Å²) in [6.07, 6.45) is 1.88. The molecule has 1 saturated heterocycles. The SMILES string of the molecule is CC(C)CNC(=O)N1CCCC(c2nc(-c3ccc(CN)cc3)no2)C1.Cl. The van der Waals surface area contributed by atoms with Gasteiger partial charge in [-0.1, -0.05) is 43.3 Å². The molecule has 0 bridgehead atoms. The second kappa shape index (κ2) is 9.71. The Bertz CT molecular complexity index is 732. The Hall–Kier alpha value is -2.12. The summed E-state index contributed by atoms with van der Waals surface area (Å²) in [5, 5.41) is 7.09. The van der Waals surface area contributed by atoms with E-state index in [-0.39, 0.29) is 24.4 Å². The number of nitrogens with zero attached hydrogens (tertiary/aromatic N) is 3. The fraction of sp³-hybridized carbons (Fsp3) is 0.526. The van der Waals surface area contributed by atoms with Gasteiger partial charge in [-0.3, -0.25) is 0 Å². The molecule has 1 aliphatic rings. The predicted molar refractivity (Wildman–Crippen MR) is 107 cm³/mol. The lowest BCUT2D eigenvalue weighted by atomic mass is 9.98. The minimum absolute atomic E-state index is 0. The number of piperidine rings is 1. The number of halogens is 1. The average molecular weight is 394 g/mol. The number of urea groups is 1. The van der Waals surface area contributed by atoms with Crippen LogP contribution in [0.2, 0.25) is 0 Å². The summed E-state index contributed by atoms with van der Waals surface area (Å²) >= 11 is 0. The van der Waals surface area contributed by atoms with Crippen molar-refractivity contribution in [3.05, 3.63) is 35.7 Å². The predicted octanol–water partition coefficient (Wildman–Crippen LogP) is 3.16. The Labute approximate surface area is 166 Å². The monoisotopic (exact) mass is 393 g/mol. The first-order valence-electron chi connectivity index (χ1n) is 9.22. The molecule has 8 heteroatoms. The Morgan fingerprint density at radius 3 is 2.78 bits per heavy atom. The van der Waals surface area contributed by atoms with E-state index in [1.807, 2.05) is 29.2 Å². The van der Waals surface area contributed by atoms with Crippen LogP contribution in [0.1, 0.15) is 44.1 Å². The van der Waals surface area contributed by atoms with E-state index < -0.39 is 0 Å². The topological polar surface area (TPSA) is 97.3 Å². The van der Waals surface area contributed by atoms with Gasteiger partial charge in [-0.2, -0.15) is 4.98 Å². The molecule has 1 aromatic carbocycles. The van der Waals surface area contributed by atoms with Crippen LogP contribution in [0.4, 0.5) is 4.79 Å². The molecule has 0 aliphatic carbocycles. The highest BCUT2D eigenvalue weighted by Crippen LogP contribution is 2.27. The zero-order valence-corrected chi connectivity index (χ0v) is 16.7. The molecule has 7 nitrogen and oxygen atoms in total. The summed E-state index contributed by atoms with van der Waals surface area (Å²) in [5.41, 5.74) is 7.59. The summed E-state index contributed by atoms with van der Waals surface area (Å²) in [7, 11) is 0. The van der Waals surface area contributed by atoms with E-state index in [9.17, 15) is 4.79 Å². The third kappa shape index (κ3) is 5.43. The van der Waals surface area contributed by atoms with Gasteiger partial charge in [0.1, 0.15) is 0 Å². The lowest BCUT2D eigenvalue weighted by Crippen LogP contribution is -2.45. The minimum Gasteiger partial charge on any atom is -0.339 e. The number of hydrogen-bond acceptors (Lipinski definition) is 5. The average Bonchev–Trinajstić information content (AvgIpc) is 3.16. The molecule has 1 fully saturated rings. The van der Waals surface area contributed by atoms with E-state index in [0.29, 0.717) is 37.3 Å². The fourth-order valence-electron chi connectivity index (χ4n) is 3.07. The lowest BCUT2D eigenvalue weighted by molar-refractivity contribution is 0.171. The number of carbonyl (C=O) groups excluding carboxylic acids is 1. The van der Waals surface area contributed by atoms with E-state index in [0.717, 1.165) is 30.5 Å². The molecule has 27 heavy (non-hydrogen) atoms. The molecule has 0 spiro atoms. The third-order valence-corrected chi connectivity index (χ3v) is 4.61. The smallest absolute Gasteiger partial charge is 0.317 e. The van der Waals surface area contributed by atoms with Gasteiger partial charge in [-0.05, 0) is 24.3 Å². The molecule has 2 heterocycles. The largest absolute Gasteiger partial charge is 0.339 e. The van der Waals surface area contributed by atoms with Crippen LogP contribution in [0.25, 0.3) is 11.4 Å². The Morgan fingerprint density at radius 1 is 1.37 bits per heavy atom. The van der Waals surface area contributed by atoms with E-state index in [1.54, 1.807) is 0 Å².